The molecule has 15 heavy (non-hydrogen) atoms. The van der Waals surface area contributed by atoms with E-state index in [4.69, 9.17) is 4.74 Å². The molecule has 4 fully saturated rings. The van der Waals surface area contributed by atoms with Gasteiger partial charge >= 0.3 is 0 Å². The monoisotopic (exact) mass is 271 g/mol. The van der Waals surface area contributed by atoms with Gasteiger partial charge in [-0.05, 0) is 38.8 Å². The summed E-state index contributed by atoms with van der Waals surface area (Å²) in [5.41, 5.74) is 0.682. The average molecular weight is 272 g/mol. The third-order valence-corrected chi connectivity index (χ3v) is 5.01. The zero-order valence-electron chi connectivity index (χ0n) is 8.98. The molecular formula is C10H19Cl2NOS. The number of fused-ring (bicyclic) bond motifs is 2. The van der Waals surface area contributed by atoms with E-state index in [1.807, 2.05) is 11.8 Å². The Morgan fingerprint density at radius 1 is 1.27 bits per heavy atom. The van der Waals surface area contributed by atoms with Gasteiger partial charge in [-0.2, -0.15) is 0 Å². The van der Waals surface area contributed by atoms with E-state index in [9.17, 15) is 0 Å². The van der Waals surface area contributed by atoms with Gasteiger partial charge in [0, 0.05) is 12.3 Å². The highest BCUT2D eigenvalue weighted by Crippen LogP contribution is 2.46. The minimum atomic E-state index is 0. The molecular weight excluding hydrogens is 253 g/mol. The van der Waals surface area contributed by atoms with E-state index in [-0.39, 0.29) is 30.4 Å². The number of rotatable bonds is 0. The molecule has 4 heterocycles. The molecule has 4 rings (SSSR count). The van der Waals surface area contributed by atoms with Gasteiger partial charge in [-0.3, -0.25) is 0 Å². The third kappa shape index (κ3) is 2.27. The van der Waals surface area contributed by atoms with Gasteiger partial charge in [-0.1, -0.05) is 0 Å². The van der Waals surface area contributed by atoms with Crippen molar-refractivity contribution >= 4 is 36.6 Å². The van der Waals surface area contributed by atoms with E-state index in [0.717, 1.165) is 5.92 Å². The minimum absolute atomic E-state index is 0. The van der Waals surface area contributed by atoms with Crippen molar-refractivity contribution < 1.29 is 4.74 Å². The topological polar surface area (TPSA) is 12.5 Å². The smallest absolute Gasteiger partial charge is 0.101 e. The van der Waals surface area contributed by atoms with Crippen LogP contribution in [0.5, 0.6) is 0 Å². The van der Waals surface area contributed by atoms with Gasteiger partial charge in [0.15, 0.2) is 0 Å². The lowest BCUT2D eigenvalue weighted by Crippen LogP contribution is -2.60. The molecule has 1 unspecified atom stereocenters. The summed E-state index contributed by atoms with van der Waals surface area (Å²) >= 11 is 1.99. The quantitative estimate of drug-likeness (QED) is 0.672. The molecule has 0 N–H and O–H groups in total. The van der Waals surface area contributed by atoms with Crippen molar-refractivity contribution in [3.05, 3.63) is 0 Å². The largest absolute Gasteiger partial charge is 0.359 e. The predicted octanol–water partition coefficient (Wildman–Crippen LogP) is 2.40. The molecule has 2 nitrogen and oxygen atoms in total. The summed E-state index contributed by atoms with van der Waals surface area (Å²) in [5, 5.41) is 0. The van der Waals surface area contributed by atoms with Crippen LogP contribution in [0.3, 0.4) is 0 Å². The number of hydrogen-bond donors (Lipinski definition) is 0. The lowest BCUT2D eigenvalue weighted by molar-refractivity contribution is -0.133. The Morgan fingerprint density at radius 2 is 1.93 bits per heavy atom. The number of ether oxygens (including phenoxy) is 1. The molecule has 0 amide bonds. The molecule has 2 bridgehead atoms. The van der Waals surface area contributed by atoms with Crippen molar-refractivity contribution in [1.29, 1.82) is 0 Å². The maximum Gasteiger partial charge on any atom is 0.101 e. The highest BCUT2D eigenvalue weighted by molar-refractivity contribution is 8.00. The van der Waals surface area contributed by atoms with E-state index in [1.165, 1.54) is 38.2 Å². The Morgan fingerprint density at radius 3 is 2.33 bits per heavy atom. The molecule has 90 valence electrons. The summed E-state index contributed by atoms with van der Waals surface area (Å²) in [4.78, 5) is 2.58. The van der Waals surface area contributed by atoms with Crippen LogP contribution in [0, 0.1) is 5.92 Å². The van der Waals surface area contributed by atoms with Crippen LogP contribution >= 0.6 is 36.6 Å². The molecule has 0 aromatic carbocycles. The maximum absolute atomic E-state index is 6.14. The fourth-order valence-corrected chi connectivity index (χ4v) is 4.25. The van der Waals surface area contributed by atoms with Crippen LogP contribution in [0.1, 0.15) is 19.8 Å². The molecule has 2 atom stereocenters. The first-order valence-corrected chi connectivity index (χ1v) is 6.35. The van der Waals surface area contributed by atoms with Gasteiger partial charge in [0.25, 0.3) is 0 Å². The van der Waals surface area contributed by atoms with E-state index in [0.29, 0.717) is 5.44 Å². The molecule has 0 aromatic heterocycles. The highest BCUT2D eigenvalue weighted by Gasteiger charge is 2.51. The average Bonchev–Trinajstić information content (AvgIpc) is 2.49. The van der Waals surface area contributed by atoms with Crippen LogP contribution in [-0.4, -0.2) is 41.3 Å². The molecule has 5 heteroatoms. The predicted molar refractivity (Wildman–Crippen MR) is 69.4 cm³/mol. The first-order chi connectivity index (χ1) is 6.28. The van der Waals surface area contributed by atoms with E-state index < -0.39 is 0 Å². The van der Waals surface area contributed by atoms with E-state index >= 15 is 0 Å². The normalized spacial score (nSPS) is 47.4. The summed E-state index contributed by atoms with van der Waals surface area (Å²) in [6, 6.07) is 0. The molecule has 4 aliphatic heterocycles. The fraction of sp³-hybridized carbons (Fsp3) is 1.00. The first kappa shape index (κ1) is 13.9. The zero-order valence-corrected chi connectivity index (χ0v) is 11.4. The van der Waals surface area contributed by atoms with Gasteiger partial charge in [-0.15, -0.1) is 36.6 Å². The SMILES string of the molecule is C[C@@H]1OC2(CS1)CN1CCC2CC1.Cl.Cl. The first-order valence-electron chi connectivity index (χ1n) is 5.30. The Labute approximate surface area is 108 Å². The lowest BCUT2D eigenvalue weighted by Gasteiger charge is -2.50. The number of halogens is 2. The van der Waals surface area contributed by atoms with Gasteiger partial charge in [0.2, 0.25) is 0 Å². The number of hydrogen-bond acceptors (Lipinski definition) is 3. The number of nitrogens with zero attached hydrogens (tertiary/aromatic N) is 1. The van der Waals surface area contributed by atoms with Crippen LogP contribution in [0.15, 0.2) is 0 Å². The summed E-state index contributed by atoms with van der Waals surface area (Å²) in [7, 11) is 0. The second kappa shape index (κ2) is 5.01. The second-order valence-corrected chi connectivity index (χ2v) is 5.90. The molecule has 4 saturated heterocycles. The van der Waals surface area contributed by atoms with Crippen molar-refractivity contribution in [1.82, 2.24) is 4.90 Å². The Kier molecular flexibility index (Phi) is 4.64. The van der Waals surface area contributed by atoms with E-state index in [2.05, 4.69) is 11.8 Å². The number of thioether (sulfide) groups is 1. The molecule has 0 aliphatic carbocycles. The van der Waals surface area contributed by atoms with Crippen molar-refractivity contribution in [2.24, 2.45) is 5.92 Å². The highest BCUT2D eigenvalue weighted by atomic mass is 35.5. The van der Waals surface area contributed by atoms with Crippen molar-refractivity contribution in [2.75, 3.05) is 25.4 Å². The molecule has 0 saturated carbocycles. The molecule has 0 aromatic rings. The van der Waals surface area contributed by atoms with E-state index in [1.54, 1.807) is 0 Å². The standard InChI is InChI=1S/C10H17NOS.2ClH/c1-8-12-10(7-13-8)6-11-4-2-9(10)3-5-11;;/h8-9H,2-7H2,1H3;2*1H/t8-,10?;;/m1../s1. The van der Waals surface area contributed by atoms with Crippen molar-refractivity contribution in [3.63, 3.8) is 0 Å². The third-order valence-electron chi connectivity index (χ3n) is 3.79. The summed E-state index contributed by atoms with van der Waals surface area (Å²) in [5.74, 6) is 2.09. The van der Waals surface area contributed by atoms with Gasteiger partial charge in [0.1, 0.15) is 5.44 Å². The van der Waals surface area contributed by atoms with Crippen LogP contribution in [0.2, 0.25) is 0 Å². The summed E-state index contributed by atoms with van der Waals surface area (Å²) in [6.07, 6.45) is 2.74. The minimum Gasteiger partial charge on any atom is -0.359 e. The Hall–Kier alpha value is 0.850. The number of piperidine rings is 3. The Balaban J connectivity index is 0.000000562. The van der Waals surface area contributed by atoms with Gasteiger partial charge in [-0.25, -0.2) is 0 Å². The molecule has 1 spiro atoms. The molecule has 0 radical (unpaired) electrons. The Bertz CT molecular complexity index is 223. The lowest BCUT2D eigenvalue weighted by atomic mass is 9.76. The van der Waals surface area contributed by atoms with Crippen LogP contribution in [0.25, 0.3) is 0 Å². The fourth-order valence-electron chi connectivity index (χ4n) is 3.08. The van der Waals surface area contributed by atoms with Gasteiger partial charge < -0.3 is 9.64 Å². The molecule has 4 aliphatic rings. The van der Waals surface area contributed by atoms with Crippen molar-refractivity contribution in [3.8, 4) is 0 Å². The summed E-state index contributed by atoms with van der Waals surface area (Å²) < 4.78 is 6.14. The van der Waals surface area contributed by atoms with Crippen LogP contribution < -0.4 is 0 Å². The van der Waals surface area contributed by atoms with Crippen LogP contribution in [-0.2, 0) is 4.74 Å². The maximum atomic E-state index is 6.14. The summed E-state index contributed by atoms with van der Waals surface area (Å²) in [6.45, 7) is 6.02. The van der Waals surface area contributed by atoms with Gasteiger partial charge in [0.05, 0.1) is 5.60 Å². The zero-order chi connectivity index (χ0) is 8.89. The second-order valence-electron chi connectivity index (χ2n) is 4.61. The van der Waals surface area contributed by atoms with Crippen LogP contribution in [0.4, 0.5) is 0 Å². The van der Waals surface area contributed by atoms with Crippen molar-refractivity contribution in [2.45, 2.75) is 30.8 Å².